The Kier molecular flexibility index (Phi) is 2.68. The van der Waals surface area contributed by atoms with E-state index in [9.17, 15) is 4.79 Å². The maximum Gasteiger partial charge on any atom is 0.313 e. The second-order valence-corrected chi connectivity index (χ2v) is 4.81. The fraction of sp³-hybridized carbons (Fsp3) is 0.667. The monoisotopic (exact) mass is 227 g/mol. The van der Waals surface area contributed by atoms with Crippen LogP contribution in [-0.4, -0.2) is 31.6 Å². The number of hydrogen-bond acceptors (Lipinski definition) is 4. The molecule has 1 aromatic heterocycles. The lowest BCUT2D eigenvalue weighted by Crippen LogP contribution is -2.04. The van der Waals surface area contributed by atoms with Crippen molar-refractivity contribution in [3.63, 3.8) is 0 Å². The summed E-state index contributed by atoms with van der Waals surface area (Å²) in [7, 11) is 0. The Bertz CT molecular complexity index is 391. The van der Waals surface area contributed by atoms with Gasteiger partial charge in [0.25, 0.3) is 0 Å². The highest BCUT2D eigenvalue weighted by molar-refractivity contribution is 7.99. The molecule has 1 saturated carbocycles. The lowest BCUT2D eigenvalue weighted by molar-refractivity contribution is -0.133. The first-order chi connectivity index (χ1) is 7.09. The Morgan fingerprint density at radius 1 is 1.67 bits per heavy atom. The summed E-state index contributed by atoms with van der Waals surface area (Å²) in [5.41, 5.74) is 0. The van der Waals surface area contributed by atoms with E-state index in [1.165, 1.54) is 11.8 Å². The summed E-state index contributed by atoms with van der Waals surface area (Å²) < 4.78 is 2.05. The van der Waals surface area contributed by atoms with Gasteiger partial charge >= 0.3 is 5.97 Å². The normalized spacial score (nSPS) is 24.1. The Balaban J connectivity index is 2.13. The molecule has 0 amide bonds. The minimum Gasteiger partial charge on any atom is -0.481 e. The van der Waals surface area contributed by atoms with Crippen molar-refractivity contribution in [3.05, 3.63) is 5.82 Å². The van der Waals surface area contributed by atoms with Gasteiger partial charge in [-0.2, -0.15) is 0 Å². The number of nitrogens with zero attached hydrogens (tertiary/aromatic N) is 3. The summed E-state index contributed by atoms with van der Waals surface area (Å²) in [5, 5.41) is 17.3. The summed E-state index contributed by atoms with van der Waals surface area (Å²) in [5.74, 6) is 0.747. The van der Waals surface area contributed by atoms with Crippen LogP contribution in [0.3, 0.4) is 0 Å². The number of carboxylic acid groups (broad SMARTS) is 1. The van der Waals surface area contributed by atoms with E-state index < -0.39 is 5.97 Å². The van der Waals surface area contributed by atoms with Gasteiger partial charge in [0.05, 0.1) is 5.75 Å². The summed E-state index contributed by atoms with van der Waals surface area (Å²) in [6.45, 7) is 4.08. The van der Waals surface area contributed by atoms with Gasteiger partial charge in [0.15, 0.2) is 5.16 Å². The SMILES string of the molecule is Cc1nnc(SCC(=O)O)n1C1CC1C. The molecule has 5 nitrogen and oxygen atoms in total. The van der Waals surface area contributed by atoms with Crippen LogP contribution >= 0.6 is 11.8 Å². The van der Waals surface area contributed by atoms with Crippen molar-refractivity contribution in [1.29, 1.82) is 0 Å². The molecular weight excluding hydrogens is 214 g/mol. The van der Waals surface area contributed by atoms with E-state index in [1.54, 1.807) is 0 Å². The van der Waals surface area contributed by atoms with Crippen LogP contribution in [0.25, 0.3) is 0 Å². The minimum absolute atomic E-state index is 0.0409. The number of aliphatic carboxylic acids is 1. The molecule has 2 rings (SSSR count). The molecule has 0 aromatic carbocycles. The molecular formula is C9H13N3O2S. The van der Waals surface area contributed by atoms with E-state index in [0.717, 1.165) is 17.4 Å². The molecule has 1 N–H and O–H groups in total. The van der Waals surface area contributed by atoms with E-state index in [1.807, 2.05) is 6.92 Å². The first kappa shape index (κ1) is 10.5. The van der Waals surface area contributed by atoms with E-state index >= 15 is 0 Å². The number of hydrogen-bond donors (Lipinski definition) is 1. The van der Waals surface area contributed by atoms with Crippen molar-refractivity contribution in [2.45, 2.75) is 31.5 Å². The van der Waals surface area contributed by atoms with Gasteiger partial charge in [-0.05, 0) is 19.3 Å². The van der Waals surface area contributed by atoms with Crippen molar-refractivity contribution < 1.29 is 9.90 Å². The molecule has 1 aromatic rings. The van der Waals surface area contributed by atoms with Crippen LogP contribution in [0.1, 0.15) is 25.2 Å². The van der Waals surface area contributed by atoms with Crippen LogP contribution in [0, 0.1) is 12.8 Å². The smallest absolute Gasteiger partial charge is 0.313 e. The van der Waals surface area contributed by atoms with Crippen molar-refractivity contribution >= 4 is 17.7 Å². The number of thioether (sulfide) groups is 1. The van der Waals surface area contributed by atoms with Gasteiger partial charge in [-0.1, -0.05) is 18.7 Å². The molecule has 1 heterocycles. The average molecular weight is 227 g/mol. The van der Waals surface area contributed by atoms with Gasteiger partial charge in [-0.3, -0.25) is 4.79 Å². The Hall–Kier alpha value is -1.04. The second kappa shape index (κ2) is 3.84. The second-order valence-electron chi connectivity index (χ2n) is 3.86. The zero-order chi connectivity index (χ0) is 11.0. The van der Waals surface area contributed by atoms with Gasteiger partial charge in [0, 0.05) is 6.04 Å². The highest BCUT2D eigenvalue weighted by Crippen LogP contribution is 2.44. The predicted molar refractivity (Wildman–Crippen MR) is 55.9 cm³/mol. The van der Waals surface area contributed by atoms with E-state index in [-0.39, 0.29) is 5.75 Å². The predicted octanol–water partition coefficient (Wildman–Crippen LogP) is 1.34. The molecule has 0 saturated heterocycles. The molecule has 6 heteroatoms. The highest BCUT2D eigenvalue weighted by atomic mass is 32.2. The van der Waals surface area contributed by atoms with Gasteiger partial charge in [-0.15, -0.1) is 10.2 Å². The Morgan fingerprint density at radius 2 is 2.33 bits per heavy atom. The van der Waals surface area contributed by atoms with Crippen LogP contribution in [0.5, 0.6) is 0 Å². The number of rotatable bonds is 4. The fourth-order valence-electron chi connectivity index (χ4n) is 1.62. The highest BCUT2D eigenvalue weighted by Gasteiger charge is 2.37. The van der Waals surface area contributed by atoms with Gasteiger partial charge < -0.3 is 9.67 Å². The van der Waals surface area contributed by atoms with Crippen molar-refractivity contribution in [2.24, 2.45) is 5.92 Å². The lowest BCUT2D eigenvalue weighted by atomic mass is 10.5. The number of aryl methyl sites for hydroxylation is 1. The Labute approximate surface area is 91.9 Å². The summed E-state index contributed by atoms with van der Waals surface area (Å²) in [6, 6.07) is 0.469. The molecule has 2 atom stereocenters. The molecule has 82 valence electrons. The van der Waals surface area contributed by atoms with E-state index in [2.05, 4.69) is 21.7 Å². The molecule has 0 bridgehead atoms. The van der Waals surface area contributed by atoms with Crippen LogP contribution < -0.4 is 0 Å². The summed E-state index contributed by atoms with van der Waals surface area (Å²) >= 11 is 1.24. The van der Waals surface area contributed by atoms with Gasteiger partial charge in [0.1, 0.15) is 5.82 Å². The molecule has 1 aliphatic carbocycles. The molecule has 2 unspecified atom stereocenters. The van der Waals surface area contributed by atoms with Gasteiger partial charge in [-0.25, -0.2) is 0 Å². The lowest BCUT2D eigenvalue weighted by Gasteiger charge is -2.05. The third kappa shape index (κ3) is 2.14. The first-order valence-corrected chi connectivity index (χ1v) is 5.84. The number of aromatic nitrogens is 3. The third-order valence-corrected chi connectivity index (χ3v) is 3.49. The largest absolute Gasteiger partial charge is 0.481 e. The minimum atomic E-state index is -0.823. The summed E-state index contributed by atoms with van der Waals surface area (Å²) in [6.07, 6.45) is 1.14. The van der Waals surface area contributed by atoms with E-state index in [0.29, 0.717) is 12.0 Å². The maximum atomic E-state index is 10.5. The summed E-state index contributed by atoms with van der Waals surface area (Å²) in [4.78, 5) is 10.5. The van der Waals surface area contributed by atoms with Crippen molar-refractivity contribution in [3.8, 4) is 0 Å². The molecule has 0 spiro atoms. The average Bonchev–Trinajstić information content (AvgIpc) is 2.74. The standard InChI is InChI=1S/C9H13N3O2S/c1-5-3-7(5)12-6(2)10-11-9(12)15-4-8(13)14/h5,7H,3-4H2,1-2H3,(H,13,14). The number of carboxylic acids is 1. The van der Waals surface area contributed by atoms with Crippen LogP contribution in [0.4, 0.5) is 0 Å². The van der Waals surface area contributed by atoms with E-state index in [4.69, 9.17) is 5.11 Å². The van der Waals surface area contributed by atoms with Gasteiger partial charge in [0.2, 0.25) is 0 Å². The molecule has 15 heavy (non-hydrogen) atoms. The third-order valence-electron chi connectivity index (χ3n) is 2.56. The number of carbonyl (C=O) groups is 1. The zero-order valence-electron chi connectivity index (χ0n) is 8.67. The fourth-order valence-corrected chi connectivity index (χ4v) is 2.38. The molecule has 1 aliphatic rings. The zero-order valence-corrected chi connectivity index (χ0v) is 9.49. The molecule has 0 radical (unpaired) electrons. The van der Waals surface area contributed by atoms with Crippen LogP contribution in [0.2, 0.25) is 0 Å². The quantitative estimate of drug-likeness (QED) is 0.786. The first-order valence-electron chi connectivity index (χ1n) is 4.85. The topological polar surface area (TPSA) is 68.0 Å². The van der Waals surface area contributed by atoms with Crippen LogP contribution in [0.15, 0.2) is 5.16 Å². The van der Waals surface area contributed by atoms with Crippen LogP contribution in [-0.2, 0) is 4.79 Å². The molecule has 0 aliphatic heterocycles. The van der Waals surface area contributed by atoms with Crippen molar-refractivity contribution in [2.75, 3.05) is 5.75 Å². The van der Waals surface area contributed by atoms with Crippen molar-refractivity contribution in [1.82, 2.24) is 14.8 Å². The Morgan fingerprint density at radius 3 is 2.87 bits per heavy atom. The maximum absolute atomic E-state index is 10.5. The molecule has 1 fully saturated rings.